The van der Waals surface area contributed by atoms with E-state index in [9.17, 15) is 4.79 Å². The van der Waals surface area contributed by atoms with Crippen LogP contribution in [0.25, 0.3) is 0 Å². The van der Waals surface area contributed by atoms with Crippen molar-refractivity contribution in [1.29, 1.82) is 0 Å². The predicted octanol–water partition coefficient (Wildman–Crippen LogP) is 2.27. The number of rotatable bonds is 4. The zero-order chi connectivity index (χ0) is 11.6. The Bertz CT molecular complexity index is 208. The first-order valence-electron chi connectivity index (χ1n) is 4.98. The summed E-state index contributed by atoms with van der Waals surface area (Å²) in [5.74, 6) is -0.853. The van der Waals surface area contributed by atoms with Crippen molar-refractivity contribution in [1.82, 2.24) is 0 Å². The molecule has 0 amide bonds. The van der Waals surface area contributed by atoms with Crippen LogP contribution >= 0.6 is 0 Å². The van der Waals surface area contributed by atoms with Crippen LogP contribution in [0.1, 0.15) is 34.1 Å². The minimum atomic E-state index is -1.32. The highest BCUT2D eigenvalue weighted by Gasteiger charge is 2.38. The largest absolute Gasteiger partial charge is 0.479 e. The Morgan fingerprint density at radius 1 is 1.29 bits per heavy atom. The first kappa shape index (κ1) is 13.6. The average molecular weight is 218 g/mol. The van der Waals surface area contributed by atoms with Crippen LogP contribution in [-0.2, 0) is 9.22 Å². The molecule has 84 valence electrons. The first-order chi connectivity index (χ1) is 6.07. The molecule has 0 spiro atoms. The van der Waals surface area contributed by atoms with Crippen molar-refractivity contribution in [2.75, 3.05) is 0 Å². The van der Waals surface area contributed by atoms with Gasteiger partial charge in [-0.1, -0.05) is 20.8 Å². The van der Waals surface area contributed by atoms with Crippen LogP contribution in [-0.4, -0.2) is 25.7 Å². The Morgan fingerprint density at radius 2 is 1.71 bits per heavy atom. The van der Waals surface area contributed by atoms with E-state index >= 15 is 0 Å². The van der Waals surface area contributed by atoms with Crippen molar-refractivity contribution in [2.45, 2.75) is 52.8 Å². The van der Waals surface area contributed by atoms with Gasteiger partial charge in [-0.15, -0.1) is 0 Å². The van der Waals surface area contributed by atoms with Crippen LogP contribution in [0.2, 0.25) is 13.1 Å². The maximum Gasteiger partial charge on any atom is 0.334 e. The van der Waals surface area contributed by atoms with Crippen molar-refractivity contribution in [2.24, 2.45) is 5.41 Å². The highest BCUT2D eigenvalue weighted by Crippen LogP contribution is 2.30. The Morgan fingerprint density at radius 3 is 1.93 bits per heavy atom. The molecule has 0 radical (unpaired) electrons. The third kappa shape index (κ3) is 4.76. The summed E-state index contributed by atoms with van der Waals surface area (Å²) in [6.45, 7) is 11.7. The summed E-state index contributed by atoms with van der Waals surface area (Å²) in [6, 6.07) is 0. The number of carbonyl (C=O) groups is 1. The molecule has 0 heterocycles. The monoisotopic (exact) mass is 218 g/mol. The molecule has 0 unspecified atom stereocenters. The topological polar surface area (TPSA) is 46.5 Å². The number of aliphatic carboxylic acids is 1. The van der Waals surface area contributed by atoms with Gasteiger partial charge in [-0.25, -0.2) is 4.79 Å². The van der Waals surface area contributed by atoms with Crippen LogP contribution in [0, 0.1) is 5.41 Å². The molecule has 14 heavy (non-hydrogen) atoms. The van der Waals surface area contributed by atoms with E-state index in [1.807, 2.05) is 33.9 Å². The third-order valence-electron chi connectivity index (χ3n) is 1.82. The Labute approximate surface area is 88.2 Å². The second-order valence-corrected chi connectivity index (χ2v) is 7.77. The minimum Gasteiger partial charge on any atom is -0.479 e. The standard InChI is InChI=1S/C10H22O3Si/c1-9(2,3)7-10(4,8(11)12)13-14(5)6/h14H,7H2,1-6H3,(H,11,12)/t10-/m0/s1. The molecule has 0 fully saturated rings. The molecular weight excluding hydrogens is 196 g/mol. The molecule has 0 bridgehead atoms. The van der Waals surface area contributed by atoms with Crippen molar-refractivity contribution in [3.63, 3.8) is 0 Å². The van der Waals surface area contributed by atoms with Crippen LogP contribution in [0.3, 0.4) is 0 Å². The molecule has 0 aliphatic carbocycles. The normalized spacial score (nSPS) is 16.8. The summed E-state index contributed by atoms with van der Waals surface area (Å²) >= 11 is 0. The lowest BCUT2D eigenvalue weighted by Gasteiger charge is -2.33. The van der Waals surface area contributed by atoms with Gasteiger partial charge in [-0.05, 0) is 31.9 Å². The average Bonchev–Trinajstić information content (AvgIpc) is 1.79. The van der Waals surface area contributed by atoms with E-state index in [0.29, 0.717) is 6.42 Å². The van der Waals surface area contributed by atoms with E-state index in [1.54, 1.807) is 6.92 Å². The van der Waals surface area contributed by atoms with Crippen LogP contribution < -0.4 is 0 Å². The summed E-state index contributed by atoms with van der Waals surface area (Å²) in [5.41, 5.74) is -1.05. The molecule has 1 atom stereocenters. The summed E-state index contributed by atoms with van der Waals surface area (Å²) in [5, 5.41) is 9.14. The maximum atomic E-state index is 11.1. The second-order valence-electron chi connectivity index (χ2n) is 5.44. The highest BCUT2D eigenvalue weighted by atomic mass is 28.3. The third-order valence-corrected chi connectivity index (χ3v) is 2.81. The maximum absolute atomic E-state index is 11.1. The van der Waals surface area contributed by atoms with E-state index in [0.717, 1.165) is 0 Å². The summed E-state index contributed by atoms with van der Waals surface area (Å²) in [4.78, 5) is 11.1. The van der Waals surface area contributed by atoms with Crippen molar-refractivity contribution in [3.8, 4) is 0 Å². The van der Waals surface area contributed by atoms with Gasteiger partial charge >= 0.3 is 5.97 Å². The van der Waals surface area contributed by atoms with Crippen LogP contribution in [0.4, 0.5) is 0 Å². The van der Waals surface area contributed by atoms with Gasteiger partial charge < -0.3 is 9.53 Å². The molecule has 0 aliphatic rings. The molecule has 0 rings (SSSR count). The van der Waals surface area contributed by atoms with Crippen LogP contribution in [0.15, 0.2) is 0 Å². The fraction of sp³-hybridized carbons (Fsp3) is 0.900. The first-order valence-corrected chi connectivity index (χ1v) is 7.76. The zero-order valence-electron chi connectivity index (χ0n) is 10.0. The van der Waals surface area contributed by atoms with Gasteiger partial charge in [0.1, 0.15) is 0 Å². The smallest absolute Gasteiger partial charge is 0.334 e. The van der Waals surface area contributed by atoms with Gasteiger partial charge in [0.2, 0.25) is 0 Å². The predicted molar refractivity (Wildman–Crippen MR) is 60.1 cm³/mol. The molecule has 0 aromatic carbocycles. The summed E-state index contributed by atoms with van der Waals surface area (Å²) in [7, 11) is -1.32. The van der Waals surface area contributed by atoms with Gasteiger partial charge in [-0.2, -0.15) is 0 Å². The lowest BCUT2D eigenvalue weighted by Crippen LogP contribution is -2.44. The molecule has 0 aromatic rings. The zero-order valence-corrected chi connectivity index (χ0v) is 11.2. The Kier molecular flexibility index (Phi) is 4.33. The number of carboxylic acid groups (broad SMARTS) is 1. The van der Waals surface area contributed by atoms with Gasteiger partial charge in [0.25, 0.3) is 0 Å². The van der Waals surface area contributed by atoms with E-state index < -0.39 is 20.6 Å². The van der Waals surface area contributed by atoms with Crippen LogP contribution in [0.5, 0.6) is 0 Å². The Hall–Kier alpha value is -0.353. The van der Waals surface area contributed by atoms with E-state index in [1.165, 1.54) is 0 Å². The van der Waals surface area contributed by atoms with Crippen molar-refractivity contribution < 1.29 is 14.3 Å². The fourth-order valence-corrected chi connectivity index (χ4v) is 2.92. The SMILES string of the molecule is C[SiH](C)O[C@@](C)(CC(C)(C)C)C(=O)O. The molecule has 0 saturated heterocycles. The second kappa shape index (κ2) is 4.44. The van der Waals surface area contributed by atoms with E-state index in [-0.39, 0.29) is 5.41 Å². The molecule has 0 saturated carbocycles. The molecule has 0 aromatic heterocycles. The summed E-state index contributed by atoms with van der Waals surface area (Å²) in [6.07, 6.45) is 0.542. The molecule has 3 nitrogen and oxygen atoms in total. The van der Waals surface area contributed by atoms with Crippen molar-refractivity contribution in [3.05, 3.63) is 0 Å². The van der Waals surface area contributed by atoms with Gasteiger partial charge in [0, 0.05) is 0 Å². The summed E-state index contributed by atoms with van der Waals surface area (Å²) < 4.78 is 5.61. The number of carboxylic acids is 1. The quantitative estimate of drug-likeness (QED) is 0.736. The lowest BCUT2D eigenvalue weighted by molar-refractivity contribution is -0.156. The minimum absolute atomic E-state index is 0.0313. The van der Waals surface area contributed by atoms with E-state index in [2.05, 4.69) is 0 Å². The number of hydrogen-bond acceptors (Lipinski definition) is 2. The van der Waals surface area contributed by atoms with Gasteiger partial charge in [0.15, 0.2) is 14.6 Å². The lowest BCUT2D eigenvalue weighted by atomic mass is 9.83. The van der Waals surface area contributed by atoms with Gasteiger partial charge in [0.05, 0.1) is 0 Å². The van der Waals surface area contributed by atoms with E-state index in [4.69, 9.17) is 9.53 Å². The fourth-order valence-electron chi connectivity index (χ4n) is 1.70. The molecular formula is C10H22O3Si. The highest BCUT2D eigenvalue weighted by molar-refractivity contribution is 6.48. The number of hydrogen-bond donors (Lipinski definition) is 1. The van der Waals surface area contributed by atoms with Gasteiger partial charge in [-0.3, -0.25) is 0 Å². The van der Waals surface area contributed by atoms with Crippen molar-refractivity contribution >= 4 is 15.0 Å². The molecule has 0 aliphatic heterocycles. The molecule has 4 heteroatoms. The Balaban J connectivity index is 4.65. The molecule has 1 N–H and O–H groups in total.